The van der Waals surface area contributed by atoms with Gasteiger partial charge in [-0.3, -0.25) is 9.78 Å². The van der Waals surface area contributed by atoms with Crippen LogP contribution >= 0.6 is 0 Å². The number of pyridine rings is 1. The van der Waals surface area contributed by atoms with Crippen LogP contribution in [0.25, 0.3) is 16.8 Å². The molecule has 3 aromatic rings. The van der Waals surface area contributed by atoms with Gasteiger partial charge >= 0.3 is 0 Å². The molecule has 0 aliphatic carbocycles. The molecule has 12 heteroatoms. The molecule has 4 rings (SSSR count). The van der Waals surface area contributed by atoms with Gasteiger partial charge < -0.3 is 16.0 Å². The molecule has 1 saturated heterocycles. The van der Waals surface area contributed by atoms with Gasteiger partial charge in [0, 0.05) is 27.6 Å². The molecule has 1 atom stereocenters. The van der Waals surface area contributed by atoms with E-state index in [0.29, 0.717) is 40.4 Å². The molecule has 1 fully saturated rings. The van der Waals surface area contributed by atoms with E-state index in [1.54, 1.807) is 45.0 Å². The van der Waals surface area contributed by atoms with E-state index in [2.05, 4.69) is 44.5 Å². The molecule has 0 spiro atoms. The number of nitrogens with one attached hydrogen (secondary N) is 1. The number of unbranched alkanes of at least 4 members (excludes halogenated alkanes) is 1. The van der Waals surface area contributed by atoms with Gasteiger partial charge in [0.15, 0.2) is 11.6 Å². The summed E-state index contributed by atoms with van der Waals surface area (Å²) in [5, 5.41) is 14.6. The quantitative estimate of drug-likeness (QED) is 0.414. The van der Waals surface area contributed by atoms with Gasteiger partial charge in [-0.1, -0.05) is 26.7 Å². The summed E-state index contributed by atoms with van der Waals surface area (Å²) in [7, 11) is 3.26. The van der Waals surface area contributed by atoms with Gasteiger partial charge in [-0.25, -0.2) is 13.3 Å². The monoisotopic (exact) mass is 531 g/mol. The number of rotatable bonds is 4. The van der Waals surface area contributed by atoms with Crippen molar-refractivity contribution in [3.05, 3.63) is 29.8 Å². The number of piperidine rings is 1. The Morgan fingerprint density at radius 1 is 1.26 bits per heavy atom. The molecule has 3 N–H and O–H groups in total. The Hall–Kier alpha value is -3.70. The number of anilines is 2. The van der Waals surface area contributed by atoms with Gasteiger partial charge in [0.2, 0.25) is 11.9 Å². The Morgan fingerprint density at radius 2 is 1.95 bits per heavy atom. The molecule has 208 valence electrons. The molecule has 10 nitrogen and oxygen atoms in total. The summed E-state index contributed by atoms with van der Waals surface area (Å²) >= 11 is 0. The Kier molecular flexibility index (Phi) is 11.0. The maximum atomic E-state index is 14.5. The average molecular weight is 532 g/mol. The Morgan fingerprint density at radius 3 is 2.45 bits per heavy atom. The van der Waals surface area contributed by atoms with Crippen LogP contribution in [-0.4, -0.2) is 63.2 Å². The van der Waals surface area contributed by atoms with Crippen molar-refractivity contribution < 1.29 is 13.6 Å². The van der Waals surface area contributed by atoms with Gasteiger partial charge in [0.05, 0.1) is 29.7 Å². The molecule has 0 bridgehead atoms. The molecule has 1 aliphatic rings. The number of halogens is 2. The van der Waals surface area contributed by atoms with Crippen molar-refractivity contribution >= 4 is 28.9 Å². The first-order valence-corrected chi connectivity index (χ1v) is 12.7. The predicted molar refractivity (Wildman–Crippen MR) is 147 cm³/mol. The summed E-state index contributed by atoms with van der Waals surface area (Å²) in [5.74, 6) is -0.00818. The van der Waals surface area contributed by atoms with Crippen LogP contribution in [0.5, 0.6) is 0 Å². The lowest BCUT2D eigenvalue weighted by Gasteiger charge is -2.34. The number of aromatic nitrogens is 4. The number of carbonyl (C=O) groups excluding carboxylic acids is 1. The zero-order chi connectivity index (χ0) is 28.5. The number of carbonyl (C=O) groups is 1. The maximum Gasteiger partial charge on any atom is 0.240 e. The van der Waals surface area contributed by atoms with Crippen molar-refractivity contribution in [3.8, 4) is 11.3 Å². The van der Waals surface area contributed by atoms with E-state index >= 15 is 0 Å². The van der Waals surface area contributed by atoms with Crippen molar-refractivity contribution in [3.63, 3.8) is 0 Å². The van der Waals surface area contributed by atoms with E-state index in [4.69, 9.17) is 5.73 Å². The number of azo groups is 1. The van der Waals surface area contributed by atoms with Gasteiger partial charge in [-0.2, -0.15) is 15.2 Å². The summed E-state index contributed by atoms with van der Waals surface area (Å²) < 4.78 is 29.1. The number of hydrogen-bond donors (Lipinski definition) is 2. The molecular formula is C26H39F2N9O. The zero-order valence-corrected chi connectivity index (χ0v) is 23.3. The third-order valence-corrected chi connectivity index (χ3v) is 5.95. The third-order valence-electron chi connectivity index (χ3n) is 5.95. The first-order valence-electron chi connectivity index (χ1n) is 12.7. The highest BCUT2D eigenvalue weighted by molar-refractivity contribution is 5.88. The molecular weight excluding hydrogens is 492 g/mol. The highest BCUT2D eigenvalue weighted by Crippen LogP contribution is 2.33. The lowest BCUT2D eigenvalue weighted by atomic mass is 9.97. The lowest BCUT2D eigenvalue weighted by molar-refractivity contribution is -0.132. The predicted octanol–water partition coefficient (Wildman–Crippen LogP) is 5.74. The van der Waals surface area contributed by atoms with Crippen LogP contribution in [0.2, 0.25) is 0 Å². The summed E-state index contributed by atoms with van der Waals surface area (Å²) in [5.41, 5.74) is 6.98. The molecule has 0 radical (unpaired) electrons. The molecule has 0 saturated carbocycles. The van der Waals surface area contributed by atoms with Crippen LogP contribution in [0, 0.1) is 12.7 Å². The standard InChI is InChI=1S/C14H15FN8.C8H14FNO.C4H10/c1-7-9(21-18-3)4-5-10(19-7)11-8(15)6-23-12(11)13(17-2)20-14(16)22-23;1-7(11)10-5-3-4-8(2,9)6-10;1-3-4-2/h4-6H,1-3H3,(H3,16,17,20,22);3-6H2,1-2H3;3-4H2,1-2H3. The molecule has 1 aliphatic heterocycles. The molecule has 3 aromatic heterocycles. The minimum Gasteiger partial charge on any atom is -0.371 e. The fourth-order valence-corrected chi connectivity index (χ4v) is 3.86. The van der Waals surface area contributed by atoms with Crippen LogP contribution in [0.3, 0.4) is 0 Å². The zero-order valence-electron chi connectivity index (χ0n) is 23.3. The van der Waals surface area contributed by atoms with E-state index in [9.17, 15) is 13.6 Å². The van der Waals surface area contributed by atoms with Crippen LogP contribution in [0.15, 0.2) is 28.6 Å². The number of nitrogens with two attached hydrogens (primary N) is 1. The number of alkyl halides is 1. The van der Waals surface area contributed by atoms with Crippen molar-refractivity contribution in [2.75, 3.05) is 38.2 Å². The maximum absolute atomic E-state index is 14.5. The average Bonchev–Trinajstić information content (AvgIpc) is 3.20. The van der Waals surface area contributed by atoms with Gasteiger partial charge in [-0.15, -0.1) is 5.10 Å². The topological polar surface area (TPSA) is 126 Å². The summed E-state index contributed by atoms with van der Waals surface area (Å²) in [6, 6.07) is 3.43. The number of nitrogens with zero attached hydrogens (tertiary/aromatic N) is 7. The number of nitrogen functional groups attached to an aromatic ring is 1. The van der Waals surface area contributed by atoms with E-state index in [1.807, 2.05) is 0 Å². The second kappa shape index (κ2) is 13.7. The highest BCUT2D eigenvalue weighted by Gasteiger charge is 2.31. The van der Waals surface area contributed by atoms with Gasteiger partial charge in [-0.05, 0) is 38.8 Å². The summed E-state index contributed by atoms with van der Waals surface area (Å²) in [6.07, 6.45) is 5.25. The van der Waals surface area contributed by atoms with Gasteiger partial charge in [0.25, 0.3) is 0 Å². The first kappa shape index (κ1) is 30.5. The van der Waals surface area contributed by atoms with E-state index in [1.165, 1.54) is 30.5 Å². The fraction of sp³-hybridized carbons (Fsp3) is 0.538. The number of fused-ring (bicyclic) bond motifs is 1. The van der Waals surface area contributed by atoms with Crippen LogP contribution < -0.4 is 11.1 Å². The van der Waals surface area contributed by atoms with Crippen LogP contribution in [0.4, 0.5) is 26.2 Å². The smallest absolute Gasteiger partial charge is 0.240 e. The number of likely N-dealkylation sites (tertiary alicyclic amines) is 1. The molecule has 4 heterocycles. The molecule has 1 unspecified atom stereocenters. The number of aryl methyl sites for hydroxylation is 1. The molecule has 0 aromatic carbocycles. The Balaban J connectivity index is 0.000000281. The minimum atomic E-state index is -1.16. The SMILES string of the molecule is CC(=O)N1CCCC(C)(F)C1.CCCC.CN=Nc1ccc(-c2c(F)cn3nc(N)nc(NC)c23)nc1C. The largest absolute Gasteiger partial charge is 0.371 e. The second-order valence-electron chi connectivity index (χ2n) is 9.27. The Bertz CT molecular complexity index is 1260. The first-order chi connectivity index (χ1) is 18.0. The second-order valence-corrected chi connectivity index (χ2v) is 9.27. The van der Waals surface area contributed by atoms with E-state index < -0.39 is 11.5 Å². The molecule has 1 amide bonds. The van der Waals surface area contributed by atoms with Crippen molar-refractivity contribution in [1.29, 1.82) is 0 Å². The van der Waals surface area contributed by atoms with E-state index in [-0.39, 0.29) is 18.4 Å². The van der Waals surface area contributed by atoms with Gasteiger partial charge in [0.1, 0.15) is 16.9 Å². The fourth-order valence-electron chi connectivity index (χ4n) is 3.86. The number of hydrogen-bond acceptors (Lipinski definition) is 8. The Labute approximate surface area is 222 Å². The highest BCUT2D eigenvalue weighted by atomic mass is 19.1. The normalized spacial score (nSPS) is 17.0. The third kappa shape index (κ3) is 7.90. The van der Waals surface area contributed by atoms with E-state index in [0.717, 1.165) is 13.0 Å². The van der Waals surface area contributed by atoms with Crippen molar-refractivity contribution in [2.24, 2.45) is 10.2 Å². The van der Waals surface area contributed by atoms with Crippen molar-refractivity contribution in [1.82, 2.24) is 24.5 Å². The molecule has 38 heavy (non-hydrogen) atoms. The summed E-state index contributed by atoms with van der Waals surface area (Å²) in [4.78, 5) is 20.9. The number of amides is 1. The van der Waals surface area contributed by atoms with Crippen LogP contribution in [0.1, 0.15) is 59.1 Å². The van der Waals surface area contributed by atoms with Crippen molar-refractivity contribution in [2.45, 2.75) is 66.0 Å². The minimum absolute atomic E-state index is 0.0198. The van der Waals surface area contributed by atoms with Crippen LogP contribution in [-0.2, 0) is 4.79 Å². The lowest BCUT2D eigenvalue weighted by Crippen LogP contribution is -2.45. The summed E-state index contributed by atoms with van der Waals surface area (Å²) in [6.45, 7) is 10.2.